The van der Waals surface area contributed by atoms with Crippen LogP contribution in [0.25, 0.3) is 0 Å². The quantitative estimate of drug-likeness (QED) is 0.786. The van der Waals surface area contributed by atoms with Gasteiger partial charge in [-0.3, -0.25) is 4.72 Å². The first-order valence-electron chi connectivity index (χ1n) is 7.37. The van der Waals surface area contributed by atoms with Gasteiger partial charge < -0.3 is 4.74 Å². The summed E-state index contributed by atoms with van der Waals surface area (Å²) in [6.45, 7) is 2.06. The van der Waals surface area contributed by atoms with Crippen molar-refractivity contribution < 1.29 is 17.9 Å². The molecule has 0 aromatic heterocycles. The Balaban J connectivity index is 2.30. The summed E-state index contributed by atoms with van der Waals surface area (Å²) >= 11 is 6.03. The maximum atomic E-state index is 12.5. The molecule has 0 amide bonds. The van der Waals surface area contributed by atoms with E-state index < -0.39 is 16.0 Å². The smallest absolute Gasteiger partial charge is 0.337 e. The number of aryl methyl sites for hydroxylation is 1. The molecule has 0 atom stereocenters. The molecule has 0 aliphatic rings. The van der Waals surface area contributed by atoms with Gasteiger partial charge in [0.1, 0.15) is 0 Å². The summed E-state index contributed by atoms with van der Waals surface area (Å²) in [6, 6.07) is 10.9. The number of sulfonamides is 1. The fourth-order valence-electron chi connectivity index (χ4n) is 2.18. The Bertz CT molecular complexity index is 832. The summed E-state index contributed by atoms with van der Waals surface area (Å²) in [6.07, 6.45) is 1.88. The van der Waals surface area contributed by atoms with Gasteiger partial charge in [0.2, 0.25) is 0 Å². The van der Waals surface area contributed by atoms with Crippen LogP contribution in [-0.4, -0.2) is 21.5 Å². The zero-order valence-corrected chi connectivity index (χ0v) is 14.9. The number of carbonyl (C=O) groups is 1. The van der Waals surface area contributed by atoms with Gasteiger partial charge in [-0.05, 0) is 42.3 Å². The number of methoxy groups -OCH3 is 1. The summed E-state index contributed by atoms with van der Waals surface area (Å²) in [5, 5.41) is 0.189. The van der Waals surface area contributed by atoms with E-state index in [0.717, 1.165) is 18.4 Å². The summed E-state index contributed by atoms with van der Waals surface area (Å²) < 4.78 is 32.0. The monoisotopic (exact) mass is 367 g/mol. The van der Waals surface area contributed by atoms with Gasteiger partial charge in [0, 0.05) is 0 Å². The number of halogens is 1. The van der Waals surface area contributed by atoms with Crippen LogP contribution in [0.5, 0.6) is 0 Å². The molecule has 0 bridgehead atoms. The maximum Gasteiger partial charge on any atom is 0.337 e. The van der Waals surface area contributed by atoms with Gasteiger partial charge >= 0.3 is 5.97 Å². The van der Waals surface area contributed by atoms with Gasteiger partial charge in [-0.2, -0.15) is 0 Å². The fourth-order valence-corrected chi connectivity index (χ4v) is 3.47. The van der Waals surface area contributed by atoms with E-state index >= 15 is 0 Å². The molecule has 2 aromatic rings. The molecule has 0 aliphatic carbocycles. The normalized spacial score (nSPS) is 11.1. The summed E-state index contributed by atoms with van der Waals surface area (Å²) in [5.41, 5.74) is 1.40. The van der Waals surface area contributed by atoms with E-state index in [0.29, 0.717) is 0 Å². The lowest BCUT2D eigenvalue weighted by Gasteiger charge is -2.11. The molecule has 0 saturated heterocycles. The number of hydrogen-bond acceptors (Lipinski definition) is 4. The predicted octanol–water partition coefficient (Wildman–Crippen LogP) is 3.88. The van der Waals surface area contributed by atoms with Crippen molar-refractivity contribution in [2.45, 2.75) is 24.7 Å². The largest absolute Gasteiger partial charge is 0.465 e. The Hall–Kier alpha value is -2.05. The molecule has 0 saturated carbocycles. The highest BCUT2D eigenvalue weighted by Gasteiger charge is 2.17. The minimum Gasteiger partial charge on any atom is -0.465 e. The lowest BCUT2D eigenvalue weighted by molar-refractivity contribution is 0.0601. The molecule has 5 nitrogen and oxygen atoms in total. The van der Waals surface area contributed by atoms with Crippen LogP contribution >= 0.6 is 11.6 Å². The summed E-state index contributed by atoms with van der Waals surface area (Å²) in [7, 11) is -2.55. The first-order valence-corrected chi connectivity index (χ1v) is 9.23. The van der Waals surface area contributed by atoms with Crippen molar-refractivity contribution in [2.75, 3.05) is 11.8 Å². The molecular weight excluding hydrogens is 350 g/mol. The van der Waals surface area contributed by atoms with Crippen LogP contribution in [0, 0.1) is 0 Å². The molecule has 0 fully saturated rings. The van der Waals surface area contributed by atoms with Crippen LogP contribution in [0.15, 0.2) is 47.4 Å². The molecule has 24 heavy (non-hydrogen) atoms. The summed E-state index contributed by atoms with van der Waals surface area (Å²) in [4.78, 5) is 11.7. The van der Waals surface area contributed by atoms with Crippen molar-refractivity contribution in [1.82, 2.24) is 0 Å². The van der Waals surface area contributed by atoms with E-state index in [2.05, 4.69) is 16.4 Å². The summed E-state index contributed by atoms with van der Waals surface area (Å²) in [5.74, 6) is -0.573. The van der Waals surface area contributed by atoms with Gasteiger partial charge in [0.05, 0.1) is 28.3 Å². The van der Waals surface area contributed by atoms with Crippen molar-refractivity contribution in [3.63, 3.8) is 0 Å². The fraction of sp³-hybridized carbons (Fsp3) is 0.235. The number of rotatable bonds is 6. The van der Waals surface area contributed by atoms with Gasteiger partial charge in [-0.1, -0.05) is 37.1 Å². The van der Waals surface area contributed by atoms with Gasteiger partial charge in [0.25, 0.3) is 10.0 Å². The Morgan fingerprint density at radius 2 is 1.83 bits per heavy atom. The van der Waals surface area contributed by atoms with E-state index in [9.17, 15) is 13.2 Å². The second-order valence-electron chi connectivity index (χ2n) is 5.19. The van der Waals surface area contributed by atoms with Crippen LogP contribution in [0.3, 0.4) is 0 Å². The van der Waals surface area contributed by atoms with Gasteiger partial charge in [0.15, 0.2) is 0 Å². The number of benzene rings is 2. The lowest BCUT2D eigenvalue weighted by atomic mass is 10.1. The third kappa shape index (κ3) is 4.27. The number of carbonyl (C=O) groups excluding carboxylic acids is 1. The van der Waals surface area contributed by atoms with Crippen molar-refractivity contribution >= 4 is 33.3 Å². The van der Waals surface area contributed by atoms with Crippen molar-refractivity contribution in [1.29, 1.82) is 0 Å². The maximum absolute atomic E-state index is 12.5. The molecule has 128 valence electrons. The minimum atomic E-state index is -3.80. The Labute approximate surface area is 146 Å². The molecule has 0 unspecified atom stereocenters. The van der Waals surface area contributed by atoms with Crippen LogP contribution in [0.2, 0.25) is 5.02 Å². The van der Waals surface area contributed by atoms with Gasteiger partial charge in [-0.25, -0.2) is 13.2 Å². The van der Waals surface area contributed by atoms with Crippen LogP contribution in [0.4, 0.5) is 5.69 Å². The second kappa shape index (κ2) is 7.68. The van der Waals surface area contributed by atoms with E-state index in [1.54, 1.807) is 24.3 Å². The second-order valence-corrected chi connectivity index (χ2v) is 7.28. The average molecular weight is 368 g/mol. The zero-order chi connectivity index (χ0) is 17.7. The first kappa shape index (κ1) is 18.3. The van der Waals surface area contributed by atoms with Crippen LogP contribution in [-0.2, 0) is 21.2 Å². The van der Waals surface area contributed by atoms with Crippen LogP contribution < -0.4 is 4.72 Å². The minimum absolute atomic E-state index is 0.122. The lowest BCUT2D eigenvalue weighted by Crippen LogP contribution is -2.14. The molecule has 1 N–H and O–H groups in total. The molecule has 0 aliphatic heterocycles. The number of anilines is 1. The highest BCUT2D eigenvalue weighted by atomic mass is 35.5. The molecular formula is C17H18ClNO4S. The van der Waals surface area contributed by atoms with Crippen molar-refractivity contribution in [3.8, 4) is 0 Å². The topological polar surface area (TPSA) is 72.5 Å². The Morgan fingerprint density at radius 3 is 2.42 bits per heavy atom. The Kier molecular flexibility index (Phi) is 5.85. The number of esters is 1. The van der Waals surface area contributed by atoms with Crippen LogP contribution in [0.1, 0.15) is 29.3 Å². The first-order chi connectivity index (χ1) is 11.4. The average Bonchev–Trinajstić information content (AvgIpc) is 2.57. The number of ether oxygens (including phenoxy) is 1. The Morgan fingerprint density at radius 1 is 1.17 bits per heavy atom. The molecule has 2 aromatic carbocycles. The standard InChI is InChI=1S/C17H18ClNO4S/c1-3-4-12-5-8-14(9-6-12)24(21,22)19-16-11-13(17(20)23-2)7-10-15(16)18/h5-11,19H,3-4H2,1-2H3. The third-order valence-electron chi connectivity index (χ3n) is 3.40. The van der Waals surface area contributed by atoms with Crippen molar-refractivity contribution in [3.05, 3.63) is 58.6 Å². The SMILES string of the molecule is CCCc1ccc(S(=O)(=O)Nc2cc(C(=O)OC)ccc2Cl)cc1. The number of hydrogen-bond donors (Lipinski definition) is 1. The molecule has 0 radical (unpaired) electrons. The van der Waals surface area contributed by atoms with E-state index in [1.165, 1.54) is 25.3 Å². The highest BCUT2D eigenvalue weighted by molar-refractivity contribution is 7.92. The molecule has 7 heteroatoms. The molecule has 2 rings (SSSR count). The zero-order valence-electron chi connectivity index (χ0n) is 13.4. The van der Waals surface area contributed by atoms with Crippen molar-refractivity contribution in [2.24, 2.45) is 0 Å². The van der Waals surface area contributed by atoms with Gasteiger partial charge in [-0.15, -0.1) is 0 Å². The van der Waals surface area contributed by atoms with E-state index in [-0.39, 0.29) is 21.2 Å². The van der Waals surface area contributed by atoms with E-state index in [4.69, 9.17) is 11.6 Å². The molecule has 0 heterocycles. The van der Waals surface area contributed by atoms with E-state index in [1.807, 2.05) is 0 Å². The highest BCUT2D eigenvalue weighted by Crippen LogP contribution is 2.26. The molecule has 0 spiro atoms. The predicted molar refractivity (Wildman–Crippen MR) is 94.0 cm³/mol. The third-order valence-corrected chi connectivity index (χ3v) is 5.12. The number of nitrogens with one attached hydrogen (secondary N) is 1.